The number of hydrogen-bond acceptors (Lipinski definition) is 3. The van der Waals surface area contributed by atoms with Gasteiger partial charge in [0, 0.05) is 11.6 Å². The molecule has 0 aliphatic rings. The second-order valence-corrected chi connectivity index (χ2v) is 5.75. The Labute approximate surface area is 123 Å². The van der Waals surface area contributed by atoms with E-state index in [0.29, 0.717) is 5.69 Å². The van der Waals surface area contributed by atoms with E-state index in [2.05, 4.69) is 4.98 Å². The summed E-state index contributed by atoms with van der Waals surface area (Å²) >= 11 is 0. The first-order valence-corrected chi connectivity index (χ1v) is 6.80. The standard InChI is InChI=1S/C17H19NO3/c1-11(19)15-9-14-8-12(4-5-13(14)10-18-15)6-7-17(2,3)16(20)21/h4-11,19H,1-3H3,(H,20,21)/b7-6+. The maximum absolute atomic E-state index is 11.1. The molecule has 110 valence electrons. The summed E-state index contributed by atoms with van der Waals surface area (Å²) in [7, 11) is 0. The summed E-state index contributed by atoms with van der Waals surface area (Å²) in [6.45, 7) is 4.98. The van der Waals surface area contributed by atoms with Crippen molar-refractivity contribution in [3.8, 4) is 0 Å². The van der Waals surface area contributed by atoms with E-state index in [0.717, 1.165) is 16.3 Å². The maximum atomic E-state index is 11.1. The van der Waals surface area contributed by atoms with Crippen LogP contribution >= 0.6 is 0 Å². The van der Waals surface area contributed by atoms with Gasteiger partial charge in [-0.2, -0.15) is 0 Å². The quantitative estimate of drug-likeness (QED) is 0.903. The molecule has 4 nitrogen and oxygen atoms in total. The van der Waals surface area contributed by atoms with Crippen molar-refractivity contribution in [1.29, 1.82) is 0 Å². The number of nitrogens with zero attached hydrogens (tertiary/aromatic N) is 1. The molecule has 0 spiro atoms. The lowest BCUT2D eigenvalue weighted by Gasteiger charge is -2.13. The molecule has 0 saturated carbocycles. The van der Waals surface area contributed by atoms with E-state index in [4.69, 9.17) is 5.11 Å². The number of pyridine rings is 1. The van der Waals surface area contributed by atoms with Gasteiger partial charge in [0.25, 0.3) is 0 Å². The van der Waals surface area contributed by atoms with E-state index in [1.54, 1.807) is 39.1 Å². The fraction of sp³-hybridized carbons (Fsp3) is 0.294. The van der Waals surface area contributed by atoms with E-state index < -0.39 is 17.5 Å². The van der Waals surface area contributed by atoms with Crippen LogP contribution < -0.4 is 0 Å². The molecule has 0 bridgehead atoms. The fourth-order valence-electron chi connectivity index (χ4n) is 1.88. The highest BCUT2D eigenvalue weighted by Crippen LogP contribution is 2.22. The van der Waals surface area contributed by atoms with Crippen LogP contribution in [0, 0.1) is 5.41 Å². The lowest BCUT2D eigenvalue weighted by atomic mass is 9.92. The van der Waals surface area contributed by atoms with Gasteiger partial charge < -0.3 is 10.2 Å². The molecule has 2 aromatic rings. The number of fused-ring (bicyclic) bond motifs is 1. The van der Waals surface area contributed by atoms with Gasteiger partial charge in [-0.1, -0.05) is 24.3 Å². The summed E-state index contributed by atoms with van der Waals surface area (Å²) in [6, 6.07) is 7.65. The number of aliphatic hydroxyl groups excluding tert-OH is 1. The third-order valence-corrected chi connectivity index (χ3v) is 3.44. The van der Waals surface area contributed by atoms with Gasteiger partial charge in [-0.3, -0.25) is 9.78 Å². The lowest BCUT2D eigenvalue weighted by molar-refractivity contribution is -0.144. The SMILES string of the molecule is CC(O)c1cc2cc(/C=C/C(C)(C)C(=O)O)ccc2cn1. The van der Waals surface area contributed by atoms with E-state index in [-0.39, 0.29) is 0 Å². The van der Waals surface area contributed by atoms with Crippen LogP contribution in [-0.4, -0.2) is 21.2 Å². The first-order valence-electron chi connectivity index (χ1n) is 6.80. The predicted octanol–water partition coefficient (Wildman–Crippen LogP) is 3.41. The van der Waals surface area contributed by atoms with E-state index in [1.807, 2.05) is 24.3 Å². The van der Waals surface area contributed by atoms with Crippen molar-refractivity contribution in [1.82, 2.24) is 4.98 Å². The second kappa shape index (κ2) is 5.66. The van der Waals surface area contributed by atoms with Crippen molar-refractivity contribution in [3.05, 3.63) is 47.8 Å². The molecule has 21 heavy (non-hydrogen) atoms. The Morgan fingerprint density at radius 2 is 2.00 bits per heavy atom. The predicted molar refractivity (Wildman–Crippen MR) is 82.8 cm³/mol. The average Bonchev–Trinajstić information content (AvgIpc) is 2.44. The molecule has 0 fully saturated rings. The monoisotopic (exact) mass is 285 g/mol. The molecular weight excluding hydrogens is 266 g/mol. The van der Waals surface area contributed by atoms with Crippen LogP contribution in [0.5, 0.6) is 0 Å². The van der Waals surface area contributed by atoms with Crippen molar-refractivity contribution < 1.29 is 15.0 Å². The summed E-state index contributed by atoms with van der Waals surface area (Å²) < 4.78 is 0. The Balaban J connectivity index is 2.38. The summed E-state index contributed by atoms with van der Waals surface area (Å²) in [5.41, 5.74) is 0.631. The first-order chi connectivity index (χ1) is 9.79. The normalized spacial score (nSPS) is 13.7. The second-order valence-electron chi connectivity index (χ2n) is 5.75. The van der Waals surface area contributed by atoms with Crippen molar-refractivity contribution in [3.63, 3.8) is 0 Å². The Kier molecular flexibility index (Phi) is 4.09. The molecule has 4 heteroatoms. The third-order valence-electron chi connectivity index (χ3n) is 3.44. The van der Waals surface area contributed by atoms with Crippen LogP contribution in [0.4, 0.5) is 0 Å². The number of carbonyl (C=O) groups is 1. The number of aromatic nitrogens is 1. The number of rotatable bonds is 4. The molecule has 0 radical (unpaired) electrons. The molecular formula is C17H19NO3. The minimum Gasteiger partial charge on any atom is -0.481 e. The van der Waals surface area contributed by atoms with Gasteiger partial charge in [-0.15, -0.1) is 0 Å². The molecule has 0 aliphatic heterocycles. The third kappa shape index (κ3) is 3.47. The summed E-state index contributed by atoms with van der Waals surface area (Å²) in [5, 5.41) is 20.6. The van der Waals surface area contributed by atoms with Gasteiger partial charge in [0.1, 0.15) is 0 Å². The molecule has 1 aromatic heterocycles. The van der Waals surface area contributed by atoms with Crippen molar-refractivity contribution in [2.45, 2.75) is 26.9 Å². The van der Waals surface area contributed by atoms with Crippen LogP contribution in [0.25, 0.3) is 16.8 Å². The van der Waals surface area contributed by atoms with Crippen molar-refractivity contribution in [2.24, 2.45) is 5.41 Å². The van der Waals surface area contributed by atoms with Gasteiger partial charge in [0.15, 0.2) is 0 Å². The highest BCUT2D eigenvalue weighted by Gasteiger charge is 2.22. The van der Waals surface area contributed by atoms with Crippen LogP contribution in [0.3, 0.4) is 0 Å². The minimum absolute atomic E-state index is 0.612. The molecule has 1 aromatic carbocycles. The largest absolute Gasteiger partial charge is 0.481 e. The number of aliphatic carboxylic acids is 1. The Morgan fingerprint density at radius 1 is 1.29 bits per heavy atom. The molecule has 0 amide bonds. The smallest absolute Gasteiger partial charge is 0.312 e. The average molecular weight is 285 g/mol. The van der Waals surface area contributed by atoms with Crippen LogP contribution in [0.15, 0.2) is 36.5 Å². The highest BCUT2D eigenvalue weighted by molar-refractivity contribution is 5.85. The minimum atomic E-state index is -0.905. The molecule has 0 saturated heterocycles. The zero-order chi connectivity index (χ0) is 15.6. The molecule has 2 rings (SSSR count). The van der Waals surface area contributed by atoms with Gasteiger partial charge in [0.2, 0.25) is 0 Å². The Bertz CT molecular complexity index is 702. The number of carboxylic acid groups (broad SMARTS) is 1. The van der Waals surface area contributed by atoms with E-state index >= 15 is 0 Å². The zero-order valence-electron chi connectivity index (χ0n) is 12.4. The number of carboxylic acids is 1. The van der Waals surface area contributed by atoms with Crippen LogP contribution in [0.1, 0.15) is 38.1 Å². The topological polar surface area (TPSA) is 70.4 Å². The molecule has 1 heterocycles. The van der Waals surface area contributed by atoms with Gasteiger partial charge in [-0.25, -0.2) is 0 Å². The Hall–Kier alpha value is -2.20. The van der Waals surface area contributed by atoms with Crippen molar-refractivity contribution in [2.75, 3.05) is 0 Å². The lowest BCUT2D eigenvalue weighted by Crippen LogP contribution is -2.20. The number of aliphatic hydroxyl groups is 1. The summed E-state index contributed by atoms with van der Waals surface area (Å²) in [5.74, 6) is -0.861. The number of hydrogen-bond donors (Lipinski definition) is 2. The van der Waals surface area contributed by atoms with Crippen LogP contribution in [-0.2, 0) is 4.79 Å². The van der Waals surface area contributed by atoms with Gasteiger partial charge in [-0.05, 0) is 43.9 Å². The molecule has 0 aliphatic carbocycles. The van der Waals surface area contributed by atoms with Gasteiger partial charge >= 0.3 is 5.97 Å². The summed E-state index contributed by atoms with van der Waals surface area (Å²) in [4.78, 5) is 15.3. The number of benzene rings is 1. The molecule has 2 N–H and O–H groups in total. The van der Waals surface area contributed by atoms with E-state index in [1.165, 1.54) is 0 Å². The summed E-state index contributed by atoms with van der Waals surface area (Å²) in [6.07, 6.45) is 4.59. The van der Waals surface area contributed by atoms with E-state index in [9.17, 15) is 9.90 Å². The van der Waals surface area contributed by atoms with Crippen LogP contribution in [0.2, 0.25) is 0 Å². The molecule has 1 atom stereocenters. The first kappa shape index (κ1) is 15.2. The Morgan fingerprint density at radius 3 is 2.62 bits per heavy atom. The highest BCUT2D eigenvalue weighted by atomic mass is 16.4. The maximum Gasteiger partial charge on any atom is 0.312 e. The molecule has 1 unspecified atom stereocenters. The van der Waals surface area contributed by atoms with Gasteiger partial charge in [0.05, 0.1) is 17.2 Å². The zero-order valence-corrected chi connectivity index (χ0v) is 12.4. The fourth-order valence-corrected chi connectivity index (χ4v) is 1.88. The van der Waals surface area contributed by atoms with Crippen molar-refractivity contribution >= 4 is 22.8 Å².